The summed E-state index contributed by atoms with van der Waals surface area (Å²) in [4.78, 5) is 15.3. The maximum atomic E-state index is 13.9. The molecule has 1 heterocycles. The van der Waals surface area contributed by atoms with Gasteiger partial charge in [0.2, 0.25) is 5.91 Å². The van der Waals surface area contributed by atoms with Crippen molar-refractivity contribution in [2.45, 2.75) is 4.90 Å². The van der Waals surface area contributed by atoms with Crippen molar-refractivity contribution >= 4 is 44.6 Å². The Hall–Kier alpha value is -3.67. The Kier molecular flexibility index (Phi) is 9.05. The summed E-state index contributed by atoms with van der Waals surface area (Å²) in [5.41, 5.74) is 1.65. The van der Waals surface area contributed by atoms with Gasteiger partial charge in [-0.15, -0.1) is 0 Å². The summed E-state index contributed by atoms with van der Waals surface area (Å²) < 4.78 is 50.1. The number of benzene rings is 3. The number of anilines is 3. The molecule has 1 fully saturated rings. The molecule has 0 bridgehead atoms. The first-order valence-electron chi connectivity index (χ1n) is 12.1. The number of morpholine rings is 1. The molecule has 39 heavy (non-hydrogen) atoms. The van der Waals surface area contributed by atoms with E-state index in [2.05, 4.69) is 10.2 Å². The van der Waals surface area contributed by atoms with Gasteiger partial charge >= 0.3 is 0 Å². The van der Waals surface area contributed by atoms with E-state index in [1.54, 1.807) is 18.2 Å². The van der Waals surface area contributed by atoms with Gasteiger partial charge in [0.1, 0.15) is 12.3 Å². The highest BCUT2D eigenvalue weighted by atomic mass is 35.5. The molecule has 3 aromatic carbocycles. The molecule has 0 spiro atoms. The van der Waals surface area contributed by atoms with Gasteiger partial charge in [-0.25, -0.2) is 8.42 Å². The zero-order chi connectivity index (χ0) is 28.0. The van der Waals surface area contributed by atoms with E-state index in [4.69, 9.17) is 30.5 Å². The molecule has 1 aliphatic heterocycles. The summed E-state index contributed by atoms with van der Waals surface area (Å²) in [7, 11) is -0.0251. The summed E-state index contributed by atoms with van der Waals surface area (Å²) in [6, 6.07) is 16.1. The van der Waals surface area contributed by atoms with Crippen molar-refractivity contribution in [1.82, 2.24) is 0 Å². The second-order valence-electron chi connectivity index (χ2n) is 8.54. The van der Waals surface area contributed by atoms with E-state index in [9.17, 15) is 13.2 Å². The van der Waals surface area contributed by atoms with Crippen LogP contribution >= 0.6 is 11.6 Å². The molecule has 3 aromatic rings. The highest BCUT2D eigenvalue weighted by molar-refractivity contribution is 7.92. The van der Waals surface area contributed by atoms with Gasteiger partial charge < -0.3 is 29.2 Å². The third kappa shape index (κ3) is 6.49. The minimum absolute atomic E-state index is 0.107. The van der Waals surface area contributed by atoms with E-state index in [1.165, 1.54) is 51.7 Å². The van der Waals surface area contributed by atoms with Gasteiger partial charge in [0, 0.05) is 35.6 Å². The lowest BCUT2D eigenvalue weighted by Crippen LogP contribution is -2.38. The molecule has 10 nitrogen and oxygen atoms in total. The summed E-state index contributed by atoms with van der Waals surface area (Å²) in [5, 5.41) is 3.06. The van der Waals surface area contributed by atoms with E-state index in [1.807, 2.05) is 12.1 Å². The largest absolute Gasteiger partial charge is 0.495 e. The number of nitrogens with zero attached hydrogens (tertiary/aromatic N) is 2. The van der Waals surface area contributed by atoms with Crippen molar-refractivity contribution < 1.29 is 32.2 Å². The second-order valence-corrected chi connectivity index (χ2v) is 10.8. The quantitative estimate of drug-likeness (QED) is 0.386. The smallest absolute Gasteiger partial charge is 0.265 e. The van der Waals surface area contributed by atoms with E-state index in [0.717, 1.165) is 23.1 Å². The molecule has 0 radical (unpaired) electrons. The molecule has 1 saturated heterocycles. The zero-order valence-electron chi connectivity index (χ0n) is 21.8. The maximum Gasteiger partial charge on any atom is 0.265 e. The number of hydrogen-bond acceptors (Lipinski definition) is 8. The molecule has 0 saturated carbocycles. The van der Waals surface area contributed by atoms with Crippen LogP contribution in [0.25, 0.3) is 0 Å². The monoisotopic (exact) mass is 575 g/mol. The topological polar surface area (TPSA) is 107 Å². The second kappa shape index (κ2) is 12.5. The lowest BCUT2D eigenvalue weighted by atomic mass is 10.2. The summed E-state index contributed by atoms with van der Waals surface area (Å²) >= 11 is 6.22. The number of amides is 1. The first kappa shape index (κ1) is 28.3. The minimum Gasteiger partial charge on any atom is -0.495 e. The van der Waals surface area contributed by atoms with E-state index in [-0.39, 0.29) is 27.1 Å². The number of ether oxygens (including phenoxy) is 4. The van der Waals surface area contributed by atoms with E-state index >= 15 is 0 Å². The molecule has 1 aliphatic rings. The molecular weight excluding hydrogens is 546 g/mol. The average Bonchev–Trinajstić information content (AvgIpc) is 2.96. The Morgan fingerprint density at radius 2 is 1.56 bits per heavy atom. The number of methoxy groups -OCH3 is 3. The van der Waals surface area contributed by atoms with Crippen LogP contribution in [-0.2, 0) is 19.6 Å². The standard InChI is InChI=1S/C27H30ClN3O7S/c1-35-24-10-4-19(28)16-23(24)31(39(33,34)22-9-11-25(36-2)26(17-22)37-3)18-27(32)29-20-5-7-21(8-6-20)30-12-14-38-15-13-30/h4-11,16-17H,12-15,18H2,1-3H3,(H,29,32). The summed E-state index contributed by atoms with van der Waals surface area (Å²) in [6.07, 6.45) is 0. The van der Waals surface area contributed by atoms with Crippen LogP contribution in [0.15, 0.2) is 65.6 Å². The Morgan fingerprint density at radius 3 is 2.21 bits per heavy atom. The molecule has 208 valence electrons. The number of carbonyl (C=O) groups is 1. The van der Waals surface area contributed by atoms with Crippen LogP contribution in [0.3, 0.4) is 0 Å². The number of hydrogen-bond donors (Lipinski definition) is 1. The molecular formula is C27H30ClN3O7S. The number of carbonyl (C=O) groups excluding carboxylic acids is 1. The molecule has 1 N–H and O–H groups in total. The van der Waals surface area contributed by atoms with Crippen molar-refractivity contribution in [3.8, 4) is 17.2 Å². The predicted molar refractivity (Wildman–Crippen MR) is 150 cm³/mol. The Balaban J connectivity index is 1.64. The molecule has 0 aliphatic carbocycles. The highest BCUT2D eigenvalue weighted by Gasteiger charge is 2.31. The van der Waals surface area contributed by atoms with E-state index < -0.39 is 22.5 Å². The number of sulfonamides is 1. The lowest BCUT2D eigenvalue weighted by molar-refractivity contribution is -0.114. The first-order valence-corrected chi connectivity index (χ1v) is 13.9. The van der Waals surface area contributed by atoms with Gasteiger partial charge in [-0.2, -0.15) is 0 Å². The van der Waals surface area contributed by atoms with E-state index in [0.29, 0.717) is 24.7 Å². The summed E-state index contributed by atoms with van der Waals surface area (Å²) in [6.45, 7) is 2.36. The van der Waals surface area contributed by atoms with Crippen LogP contribution in [-0.4, -0.2) is 68.5 Å². The maximum absolute atomic E-state index is 13.9. The molecule has 0 atom stereocenters. The van der Waals surface area contributed by atoms with Crippen molar-refractivity contribution in [3.05, 3.63) is 65.7 Å². The zero-order valence-corrected chi connectivity index (χ0v) is 23.4. The van der Waals surface area contributed by atoms with Crippen molar-refractivity contribution in [1.29, 1.82) is 0 Å². The Labute approximate surface area is 233 Å². The number of rotatable bonds is 10. The van der Waals surface area contributed by atoms with Crippen LogP contribution in [0, 0.1) is 0 Å². The fourth-order valence-corrected chi connectivity index (χ4v) is 5.78. The average molecular weight is 576 g/mol. The van der Waals surface area contributed by atoms with Crippen molar-refractivity contribution in [2.75, 3.05) is 68.7 Å². The first-order chi connectivity index (χ1) is 18.8. The van der Waals surface area contributed by atoms with Gasteiger partial charge in [-0.05, 0) is 54.6 Å². The molecule has 12 heteroatoms. The SMILES string of the molecule is COc1ccc(S(=O)(=O)N(CC(=O)Nc2ccc(N3CCOCC3)cc2)c2cc(Cl)ccc2OC)cc1OC. The molecule has 4 rings (SSSR count). The lowest BCUT2D eigenvalue weighted by Gasteiger charge is -2.29. The van der Waals surface area contributed by atoms with Gasteiger partial charge in [0.15, 0.2) is 11.5 Å². The van der Waals surface area contributed by atoms with Crippen LogP contribution in [0.5, 0.6) is 17.2 Å². The van der Waals surface area contributed by atoms with Gasteiger partial charge in [0.05, 0.1) is 45.1 Å². The molecule has 1 amide bonds. The van der Waals surface area contributed by atoms with Gasteiger partial charge in [0.25, 0.3) is 10.0 Å². The third-order valence-electron chi connectivity index (χ3n) is 6.17. The van der Waals surface area contributed by atoms with Crippen molar-refractivity contribution in [3.63, 3.8) is 0 Å². The number of halogens is 1. The number of nitrogens with one attached hydrogen (secondary N) is 1. The highest BCUT2D eigenvalue weighted by Crippen LogP contribution is 2.37. The summed E-state index contributed by atoms with van der Waals surface area (Å²) in [5.74, 6) is 0.259. The minimum atomic E-state index is -4.29. The predicted octanol–water partition coefficient (Wildman–Crippen LogP) is 4.04. The Bertz CT molecular complexity index is 1410. The molecule has 0 aromatic heterocycles. The van der Waals surface area contributed by atoms with Crippen LogP contribution in [0.4, 0.5) is 17.1 Å². The van der Waals surface area contributed by atoms with Crippen LogP contribution < -0.4 is 28.7 Å². The normalized spacial score (nSPS) is 13.5. The third-order valence-corrected chi connectivity index (χ3v) is 8.16. The fraction of sp³-hybridized carbons (Fsp3) is 0.296. The van der Waals surface area contributed by atoms with Crippen LogP contribution in [0.1, 0.15) is 0 Å². The van der Waals surface area contributed by atoms with Gasteiger partial charge in [-0.3, -0.25) is 9.10 Å². The molecule has 0 unspecified atom stereocenters. The Morgan fingerprint density at radius 1 is 0.923 bits per heavy atom. The van der Waals surface area contributed by atoms with Crippen molar-refractivity contribution in [2.24, 2.45) is 0 Å². The van der Waals surface area contributed by atoms with Crippen LogP contribution in [0.2, 0.25) is 5.02 Å². The fourth-order valence-electron chi connectivity index (χ4n) is 4.17. The van der Waals surface area contributed by atoms with Gasteiger partial charge in [-0.1, -0.05) is 11.6 Å².